The quantitative estimate of drug-likeness (QED) is 0.0199. The molecular weight excluding hydrogens is 765 g/mol. The molecule has 1 aliphatic heterocycles. The number of rotatable bonds is 40. The van der Waals surface area contributed by atoms with Crippen molar-refractivity contribution in [2.75, 3.05) is 26.4 Å². The van der Waals surface area contributed by atoms with Crippen LogP contribution in [-0.2, 0) is 38.3 Å². The van der Waals surface area contributed by atoms with Gasteiger partial charge < -0.3 is 34.3 Å². The first kappa shape index (κ1) is 54.6. The molecule has 1 rings (SSSR count). The number of allylic oxidation sites excluding steroid dienone is 4. The van der Waals surface area contributed by atoms with E-state index in [0.29, 0.717) is 13.0 Å². The van der Waals surface area contributed by atoms with Crippen molar-refractivity contribution in [1.29, 1.82) is 0 Å². The highest BCUT2D eigenvalue weighted by Crippen LogP contribution is 2.26. The summed E-state index contributed by atoms with van der Waals surface area (Å²) in [5.74, 6) is -0.409. The van der Waals surface area contributed by atoms with Crippen molar-refractivity contribution in [3.05, 3.63) is 24.3 Å². The lowest BCUT2D eigenvalue weighted by atomic mass is 9.99. The van der Waals surface area contributed by atoms with Crippen LogP contribution in [0.25, 0.3) is 0 Å². The lowest BCUT2D eigenvalue weighted by molar-refractivity contribution is -0.301. The van der Waals surface area contributed by atoms with Gasteiger partial charge in [0.05, 0.1) is 19.8 Å². The van der Waals surface area contributed by atoms with Gasteiger partial charge in [0.1, 0.15) is 30.5 Å². The summed E-state index contributed by atoms with van der Waals surface area (Å²) in [7, 11) is -5.06. The fourth-order valence-corrected chi connectivity index (χ4v) is 7.52. The van der Waals surface area contributed by atoms with E-state index in [1.165, 1.54) is 103 Å². The number of hydrogen-bond donors (Lipinski definition) is 4. The standard InChI is InChI=1S/C45H84O12S/c1-3-5-7-9-11-13-15-17-19-20-22-24-26-28-30-32-34-41(47)55-39(38-54-45-43(49)44(57-58(50,51)52)42(48)40(36-46)56-45)37-53-35-33-31-29-27-25-23-21-18-16-14-12-10-8-6-4-2/h16,18-20,39-40,42-46,48-49H,3-15,17,21-38H2,1-2H3,(H,50,51,52)/b18-16-,20-19-. The Bertz CT molecular complexity index is 1120. The van der Waals surface area contributed by atoms with Crippen LogP contribution < -0.4 is 0 Å². The molecule has 1 heterocycles. The minimum Gasteiger partial charge on any atom is -0.457 e. The van der Waals surface area contributed by atoms with Crippen molar-refractivity contribution >= 4 is 16.4 Å². The van der Waals surface area contributed by atoms with E-state index in [2.05, 4.69) is 42.3 Å². The Kier molecular flexibility index (Phi) is 35.2. The highest BCUT2D eigenvalue weighted by Gasteiger charge is 2.48. The summed E-state index contributed by atoms with van der Waals surface area (Å²) in [6, 6.07) is 0. The molecule has 1 fully saturated rings. The molecule has 0 amide bonds. The van der Waals surface area contributed by atoms with Crippen LogP contribution in [0.2, 0.25) is 0 Å². The molecule has 4 N–H and O–H groups in total. The van der Waals surface area contributed by atoms with Crippen LogP contribution in [0.4, 0.5) is 0 Å². The maximum atomic E-state index is 12.8. The molecule has 0 aromatic rings. The van der Waals surface area contributed by atoms with Crippen LogP contribution in [0.1, 0.15) is 194 Å². The molecule has 0 spiro atoms. The van der Waals surface area contributed by atoms with Gasteiger partial charge in [-0.2, -0.15) is 8.42 Å². The van der Waals surface area contributed by atoms with Crippen LogP contribution in [0.3, 0.4) is 0 Å². The number of esters is 1. The van der Waals surface area contributed by atoms with Gasteiger partial charge in [-0.15, -0.1) is 0 Å². The van der Waals surface area contributed by atoms with Crippen LogP contribution in [-0.4, -0.2) is 97.5 Å². The summed E-state index contributed by atoms with van der Waals surface area (Å²) in [5, 5.41) is 30.7. The van der Waals surface area contributed by atoms with Gasteiger partial charge in [0.15, 0.2) is 6.29 Å². The Balaban J connectivity index is 2.43. The second kappa shape index (κ2) is 37.4. The molecule has 0 saturated carbocycles. The summed E-state index contributed by atoms with van der Waals surface area (Å²) in [6.45, 7) is 3.96. The molecular formula is C45H84O12S. The second-order valence-electron chi connectivity index (χ2n) is 16.0. The Morgan fingerprint density at radius 3 is 1.55 bits per heavy atom. The molecule has 13 heteroatoms. The molecule has 6 atom stereocenters. The second-order valence-corrected chi connectivity index (χ2v) is 17.0. The largest absolute Gasteiger partial charge is 0.457 e. The zero-order valence-electron chi connectivity index (χ0n) is 36.4. The number of carbonyl (C=O) groups is 1. The van der Waals surface area contributed by atoms with Gasteiger partial charge in [0, 0.05) is 13.0 Å². The lowest BCUT2D eigenvalue weighted by Crippen LogP contribution is -2.60. The van der Waals surface area contributed by atoms with Gasteiger partial charge in [-0.05, 0) is 64.2 Å². The highest BCUT2D eigenvalue weighted by atomic mass is 32.3. The van der Waals surface area contributed by atoms with Crippen LogP contribution >= 0.6 is 0 Å². The van der Waals surface area contributed by atoms with Gasteiger partial charge in [0.2, 0.25) is 0 Å². The fourth-order valence-electron chi connectivity index (χ4n) is 7.01. The van der Waals surface area contributed by atoms with Gasteiger partial charge in [-0.3, -0.25) is 9.35 Å². The highest BCUT2D eigenvalue weighted by molar-refractivity contribution is 7.80. The molecule has 0 bridgehead atoms. The smallest absolute Gasteiger partial charge is 0.397 e. The SMILES string of the molecule is CCCCCCC/C=C\CCCCCCCCOCC(COC1OC(CO)C(O)C(OS(=O)(=O)O)C1O)OC(=O)CCCCCCC/C=C\CCCCCCCCC. The monoisotopic (exact) mass is 849 g/mol. The fraction of sp³-hybridized carbons (Fsp3) is 0.889. The first-order valence-corrected chi connectivity index (χ1v) is 24.5. The molecule has 1 aliphatic rings. The average molecular weight is 849 g/mol. The topological polar surface area (TPSA) is 178 Å². The van der Waals surface area contributed by atoms with Crippen LogP contribution in [0, 0.1) is 0 Å². The van der Waals surface area contributed by atoms with Crippen molar-refractivity contribution in [3.8, 4) is 0 Å². The Hall–Kier alpha value is -1.42. The van der Waals surface area contributed by atoms with Gasteiger partial charge in [-0.25, -0.2) is 4.18 Å². The average Bonchev–Trinajstić information content (AvgIpc) is 3.19. The lowest BCUT2D eigenvalue weighted by Gasteiger charge is -2.41. The van der Waals surface area contributed by atoms with Gasteiger partial charge in [-0.1, -0.05) is 147 Å². The van der Waals surface area contributed by atoms with Crippen molar-refractivity contribution < 1.29 is 56.2 Å². The molecule has 58 heavy (non-hydrogen) atoms. The number of unbranched alkanes of at least 4 members (excludes halogenated alkanes) is 23. The van der Waals surface area contributed by atoms with E-state index >= 15 is 0 Å². The van der Waals surface area contributed by atoms with E-state index in [0.717, 1.165) is 64.2 Å². The first-order valence-electron chi connectivity index (χ1n) is 23.1. The molecule has 342 valence electrons. The minimum absolute atomic E-state index is 0.0307. The minimum atomic E-state index is -5.06. The molecule has 0 aliphatic carbocycles. The Morgan fingerprint density at radius 1 is 0.638 bits per heavy atom. The maximum Gasteiger partial charge on any atom is 0.397 e. The first-order chi connectivity index (χ1) is 28.1. The Morgan fingerprint density at radius 2 is 1.09 bits per heavy atom. The van der Waals surface area contributed by atoms with Crippen molar-refractivity contribution in [1.82, 2.24) is 0 Å². The van der Waals surface area contributed by atoms with E-state index < -0.39 is 59.8 Å². The van der Waals surface area contributed by atoms with Crippen molar-refractivity contribution in [3.63, 3.8) is 0 Å². The molecule has 12 nitrogen and oxygen atoms in total. The predicted octanol–water partition coefficient (Wildman–Crippen LogP) is 9.63. The third kappa shape index (κ3) is 30.6. The number of aliphatic hydroxyl groups is 3. The molecule has 0 aromatic heterocycles. The number of hydrogen-bond acceptors (Lipinski definition) is 11. The summed E-state index contributed by atoms with van der Waals surface area (Å²) in [5.41, 5.74) is 0. The Labute approximate surface area is 352 Å². The van der Waals surface area contributed by atoms with Gasteiger partial charge >= 0.3 is 16.4 Å². The molecule has 0 radical (unpaired) electrons. The normalized spacial score (nSPS) is 20.7. The number of ether oxygens (including phenoxy) is 4. The summed E-state index contributed by atoms with van der Waals surface area (Å²) >= 11 is 0. The predicted molar refractivity (Wildman–Crippen MR) is 230 cm³/mol. The molecule has 0 aromatic carbocycles. The third-order valence-corrected chi connectivity index (χ3v) is 11.0. The van der Waals surface area contributed by atoms with E-state index in [1.54, 1.807) is 0 Å². The third-order valence-electron chi connectivity index (χ3n) is 10.5. The maximum absolute atomic E-state index is 12.8. The van der Waals surface area contributed by atoms with Crippen molar-refractivity contribution in [2.24, 2.45) is 0 Å². The summed E-state index contributed by atoms with van der Waals surface area (Å²) < 4.78 is 59.0. The van der Waals surface area contributed by atoms with Gasteiger partial charge in [0.25, 0.3) is 0 Å². The van der Waals surface area contributed by atoms with Crippen molar-refractivity contribution in [2.45, 2.75) is 230 Å². The van der Waals surface area contributed by atoms with E-state index in [9.17, 15) is 28.5 Å². The van der Waals surface area contributed by atoms with E-state index in [-0.39, 0.29) is 19.6 Å². The molecule has 1 saturated heterocycles. The zero-order valence-corrected chi connectivity index (χ0v) is 37.2. The van der Waals surface area contributed by atoms with Crippen LogP contribution in [0.5, 0.6) is 0 Å². The summed E-state index contributed by atoms with van der Waals surface area (Å²) in [4.78, 5) is 12.8. The zero-order chi connectivity index (χ0) is 42.5. The number of aliphatic hydroxyl groups excluding tert-OH is 3. The molecule has 6 unspecified atom stereocenters. The van der Waals surface area contributed by atoms with E-state index in [1.807, 2.05) is 0 Å². The number of carbonyl (C=O) groups excluding carboxylic acids is 1. The van der Waals surface area contributed by atoms with Crippen LogP contribution in [0.15, 0.2) is 24.3 Å². The van der Waals surface area contributed by atoms with E-state index in [4.69, 9.17) is 23.5 Å². The summed E-state index contributed by atoms with van der Waals surface area (Å²) in [6.07, 6.45) is 32.1.